The van der Waals surface area contributed by atoms with Gasteiger partial charge in [0.25, 0.3) is 0 Å². The van der Waals surface area contributed by atoms with Crippen LogP contribution in [0.15, 0.2) is 11.6 Å². The number of aliphatic hydroxyl groups is 1. The van der Waals surface area contributed by atoms with E-state index in [0.29, 0.717) is 11.2 Å². The molecule has 0 aromatic carbocycles. The highest BCUT2D eigenvalue weighted by Crippen LogP contribution is 2.82. The number of carbonyl (C=O) groups excluding carboxylic acids is 1. The van der Waals surface area contributed by atoms with Crippen molar-refractivity contribution in [2.75, 3.05) is 0 Å². The molecule has 1 unspecified atom stereocenters. The van der Waals surface area contributed by atoms with E-state index in [1.54, 1.807) is 0 Å². The van der Waals surface area contributed by atoms with E-state index in [1.807, 2.05) is 6.08 Å². The summed E-state index contributed by atoms with van der Waals surface area (Å²) in [5.74, 6) is 2.69. The Morgan fingerprint density at radius 1 is 1.14 bits per heavy atom. The fraction of sp³-hybridized carbons (Fsp3) is 0.850. The summed E-state index contributed by atoms with van der Waals surface area (Å²) in [6.07, 6.45) is 11.0. The molecule has 0 radical (unpaired) electrons. The first-order valence-corrected chi connectivity index (χ1v) is 9.34. The van der Waals surface area contributed by atoms with Crippen LogP contribution in [0.25, 0.3) is 0 Å². The molecule has 0 aliphatic heterocycles. The summed E-state index contributed by atoms with van der Waals surface area (Å²) >= 11 is 0. The van der Waals surface area contributed by atoms with Crippen molar-refractivity contribution in [1.82, 2.24) is 0 Å². The topological polar surface area (TPSA) is 37.3 Å². The molecule has 0 aromatic heterocycles. The summed E-state index contributed by atoms with van der Waals surface area (Å²) in [6, 6.07) is 0. The molecule has 2 nitrogen and oxygen atoms in total. The van der Waals surface area contributed by atoms with Crippen LogP contribution in [0.4, 0.5) is 0 Å². The van der Waals surface area contributed by atoms with E-state index >= 15 is 0 Å². The minimum absolute atomic E-state index is 0.0649. The van der Waals surface area contributed by atoms with Gasteiger partial charge in [-0.15, -0.1) is 0 Å². The van der Waals surface area contributed by atoms with Crippen LogP contribution in [0.2, 0.25) is 0 Å². The fourth-order valence-electron chi connectivity index (χ4n) is 7.76. The fourth-order valence-corrected chi connectivity index (χ4v) is 7.76. The van der Waals surface area contributed by atoms with E-state index < -0.39 is 0 Å². The Morgan fingerprint density at radius 2 is 1.95 bits per heavy atom. The number of rotatable bonds is 0. The summed E-state index contributed by atoms with van der Waals surface area (Å²) in [4.78, 5) is 11.9. The molecular formula is C20H28O2. The van der Waals surface area contributed by atoms with Crippen LogP contribution in [0.3, 0.4) is 0 Å². The number of hydrogen-bond acceptors (Lipinski definition) is 2. The number of carbonyl (C=O) groups is 1. The van der Waals surface area contributed by atoms with Crippen molar-refractivity contribution in [2.24, 2.45) is 34.0 Å². The molecule has 0 aromatic rings. The summed E-state index contributed by atoms with van der Waals surface area (Å²) in [5, 5.41) is 10.6. The maximum absolute atomic E-state index is 11.9. The lowest BCUT2D eigenvalue weighted by Crippen LogP contribution is -2.53. The Balaban J connectivity index is 1.57. The maximum Gasteiger partial charge on any atom is 0.155 e. The third-order valence-corrected chi connectivity index (χ3v) is 9.08. The Hall–Kier alpha value is -0.630. The molecule has 2 heteroatoms. The minimum atomic E-state index is -0.0649. The van der Waals surface area contributed by atoms with Crippen molar-refractivity contribution >= 4 is 5.78 Å². The van der Waals surface area contributed by atoms with Crippen LogP contribution in [-0.4, -0.2) is 17.0 Å². The third kappa shape index (κ3) is 1.32. The summed E-state index contributed by atoms with van der Waals surface area (Å²) < 4.78 is 0. The number of aliphatic hydroxyl groups excluding tert-OH is 1. The number of ketones is 1. The minimum Gasteiger partial charge on any atom is -0.393 e. The van der Waals surface area contributed by atoms with Gasteiger partial charge in [-0.3, -0.25) is 4.79 Å². The molecule has 5 aliphatic carbocycles. The molecule has 5 aliphatic rings. The van der Waals surface area contributed by atoms with Gasteiger partial charge >= 0.3 is 0 Å². The Morgan fingerprint density at radius 3 is 2.77 bits per heavy atom. The monoisotopic (exact) mass is 300 g/mol. The average Bonchev–Trinajstić information content (AvgIpc) is 3.13. The van der Waals surface area contributed by atoms with E-state index in [-0.39, 0.29) is 16.9 Å². The van der Waals surface area contributed by atoms with E-state index in [9.17, 15) is 9.90 Å². The molecule has 0 bridgehead atoms. The second-order valence-corrected chi connectivity index (χ2v) is 9.45. The van der Waals surface area contributed by atoms with E-state index in [4.69, 9.17) is 0 Å². The van der Waals surface area contributed by atoms with Gasteiger partial charge in [0.05, 0.1) is 6.10 Å². The first-order valence-electron chi connectivity index (χ1n) is 9.34. The molecule has 1 spiro atoms. The van der Waals surface area contributed by atoms with Crippen molar-refractivity contribution < 1.29 is 9.90 Å². The zero-order chi connectivity index (χ0) is 15.3. The van der Waals surface area contributed by atoms with Gasteiger partial charge in [-0.25, -0.2) is 0 Å². The van der Waals surface area contributed by atoms with Gasteiger partial charge in [-0.1, -0.05) is 19.4 Å². The van der Waals surface area contributed by atoms with Gasteiger partial charge in [-0.2, -0.15) is 0 Å². The predicted molar refractivity (Wildman–Crippen MR) is 85.1 cm³/mol. The van der Waals surface area contributed by atoms with E-state index in [0.717, 1.165) is 43.4 Å². The molecule has 5 rings (SSSR count). The first-order chi connectivity index (χ1) is 10.4. The van der Waals surface area contributed by atoms with Gasteiger partial charge in [0.15, 0.2) is 5.78 Å². The molecule has 0 saturated heterocycles. The largest absolute Gasteiger partial charge is 0.393 e. The highest BCUT2D eigenvalue weighted by atomic mass is 16.3. The lowest BCUT2D eigenvalue weighted by Gasteiger charge is -2.59. The number of hydrogen-bond donors (Lipinski definition) is 1. The summed E-state index contributed by atoms with van der Waals surface area (Å²) in [7, 11) is 0. The van der Waals surface area contributed by atoms with Crippen molar-refractivity contribution in [3.8, 4) is 0 Å². The maximum atomic E-state index is 11.9. The lowest BCUT2D eigenvalue weighted by atomic mass is 9.45. The second-order valence-electron chi connectivity index (χ2n) is 9.45. The third-order valence-electron chi connectivity index (χ3n) is 9.08. The lowest BCUT2D eigenvalue weighted by molar-refractivity contribution is -0.120. The van der Waals surface area contributed by atoms with Crippen molar-refractivity contribution in [3.63, 3.8) is 0 Å². The highest BCUT2D eigenvalue weighted by molar-refractivity contribution is 5.91. The normalized spacial score (nSPS) is 59.0. The summed E-state index contributed by atoms with van der Waals surface area (Å²) in [6.45, 7) is 4.84. The SMILES string of the molecule is C[C@]12CCC(=O)C=C1CC[C@@H]1[C@@H]2CC[C@]2(C)[C@@H](O)C[C@@H]3CC312. The Labute approximate surface area is 133 Å². The predicted octanol–water partition coefficient (Wildman–Crippen LogP) is 3.88. The van der Waals surface area contributed by atoms with Crippen molar-refractivity contribution in [1.29, 1.82) is 0 Å². The molecule has 0 amide bonds. The molecule has 4 saturated carbocycles. The quantitative estimate of drug-likeness (QED) is 0.737. The molecule has 1 N–H and O–H groups in total. The van der Waals surface area contributed by atoms with Gasteiger partial charge in [0.2, 0.25) is 0 Å². The molecule has 120 valence electrons. The molecule has 0 heterocycles. The van der Waals surface area contributed by atoms with Gasteiger partial charge in [-0.05, 0) is 85.0 Å². The Bertz CT molecular complexity index is 593. The summed E-state index contributed by atoms with van der Waals surface area (Å²) in [5.41, 5.74) is 2.36. The Kier molecular flexibility index (Phi) is 2.43. The molecule has 22 heavy (non-hydrogen) atoms. The smallest absolute Gasteiger partial charge is 0.155 e. The van der Waals surface area contributed by atoms with Gasteiger partial charge < -0.3 is 5.11 Å². The average molecular weight is 300 g/mol. The van der Waals surface area contributed by atoms with Gasteiger partial charge in [0, 0.05) is 6.42 Å². The van der Waals surface area contributed by atoms with Crippen LogP contribution in [0, 0.1) is 34.0 Å². The number of fused-ring (bicyclic) bond motifs is 3. The van der Waals surface area contributed by atoms with E-state index in [1.165, 1.54) is 31.3 Å². The number of allylic oxidation sites excluding steroid dienone is 1. The zero-order valence-corrected chi connectivity index (χ0v) is 13.9. The second kappa shape index (κ2) is 3.88. The van der Waals surface area contributed by atoms with Crippen molar-refractivity contribution in [3.05, 3.63) is 11.6 Å². The molecule has 7 atom stereocenters. The van der Waals surface area contributed by atoms with Crippen LogP contribution in [-0.2, 0) is 4.79 Å². The van der Waals surface area contributed by atoms with Gasteiger partial charge in [0.1, 0.15) is 0 Å². The standard InChI is InChI=1S/C20H28O2/c1-18-7-5-14(21)9-12(18)3-4-16-15(18)6-8-19(2)17(22)10-13-11-20(13,16)19/h9,13,15-17,22H,3-8,10-11H2,1-2H3/t13-,15+,16-,17+,18+,19-,20?/m1/s1. The van der Waals surface area contributed by atoms with Crippen LogP contribution in [0.5, 0.6) is 0 Å². The van der Waals surface area contributed by atoms with Crippen LogP contribution < -0.4 is 0 Å². The molecule has 4 fully saturated rings. The first kappa shape index (κ1) is 13.8. The molecular weight excluding hydrogens is 272 g/mol. The van der Waals surface area contributed by atoms with E-state index in [2.05, 4.69) is 13.8 Å². The highest BCUT2D eigenvalue weighted by Gasteiger charge is 2.77. The zero-order valence-electron chi connectivity index (χ0n) is 13.9. The van der Waals surface area contributed by atoms with Crippen LogP contribution in [0.1, 0.15) is 65.2 Å². The van der Waals surface area contributed by atoms with Crippen molar-refractivity contribution in [2.45, 2.75) is 71.3 Å². The van der Waals surface area contributed by atoms with Crippen LogP contribution >= 0.6 is 0 Å².